The van der Waals surface area contributed by atoms with E-state index in [0.29, 0.717) is 0 Å². The number of hydrogen-bond acceptors (Lipinski definition) is 4. The van der Waals surface area contributed by atoms with Gasteiger partial charge >= 0.3 is 0 Å². The van der Waals surface area contributed by atoms with Crippen molar-refractivity contribution in [3.8, 4) is 0 Å². The van der Waals surface area contributed by atoms with E-state index < -0.39 is 0 Å². The van der Waals surface area contributed by atoms with Crippen LogP contribution in [0.25, 0.3) is 11.2 Å². The quantitative estimate of drug-likeness (QED) is 0.884. The van der Waals surface area contributed by atoms with Crippen molar-refractivity contribution in [2.24, 2.45) is 0 Å². The van der Waals surface area contributed by atoms with Crippen molar-refractivity contribution in [2.75, 3.05) is 11.9 Å². The Hall–Kier alpha value is -1.65. The predicted molar refractivity (Wildman–Crippen MR) is 69.1 cm³/mol. The van der Waals surface area contributed by atoms with Crippen LogP contribution in [0.1, 0.15) is 34.1 Å². The van der Waals surface area contributed by atoms with Gasteiger partial charge in [0, 0.05) is 12.1 Å². The van der Waals surface area contributed by atoms with Crippen LogP contribution in [0.15, 0.2) is 12.7 Å². The fraction of sp³-hybridized carbons (Fsp3) is 0.583. The van der Waals surface area contributed by atoms with Gasteiger partial charge in [-0.25, -0.2) is 15.0 Å². The van der Waals surface area contributed by atoms with Crippen molar-refractivity contribution >= 4 is 17.0 Å². The molecule has 5 nitrogen and oxygen atoms in total. The number of anilines is 1. The summed E-state index contributed by atoms with van der Waals surface area (Å²) in [6.07, 6.45) is 4.48. The summed E-state index contributed by atoms with van der Waals surface area (Å²) in [7, 11) is 0. The van der Waals surface area contributed by atoms with Gasteiger partial charge in [0.25, 0.3) is 0 Å². The van der Waals surface area contributed by atoms with Crippen LogP contribution >= 0.6 is 0 Å². The molecule has 17 heavy (non-hydrogen) atoms. The zero-order valence-electron chi connectivity index (χ0n) is 10.9. The third-order valence-corrected chi connectivity index (χ3v) is 2.60. The van der Waals surface area contributed by atoms with Gasteiger partial charge in [0.2, 0.25) is 0 Å². The van der Waals surface area contributed by atoms with Crippen LogP contribution in [-0.4, -0.2) is 26.1 Å². The smallest absolute Gasteiger partial charge is 0.165 e. The number of nitrogens with one attached hydrogen (secondary N) is 1. The van der Waals surface area contributed by atoms with Crippen molar-refractivity contribution < 1.29 is 0 Å². The molecule has 92 valence electrons. The van der Waals surface area contributed by atoms with E-state index in [9.17, 15) is 0 Å². The van der Waals surface area contributed by atoms with Gasteiger partial charge in [-0.3, -0.25) is 0 Å². The van der Waals surface area contributed by atoms with Gasteiger partial charge in [-0.05, 0) is 27.2 Å². The Labute approximate surface area is 101 Å². The van der Waals surface area contributed by atoms with E-state index >= 15 is 0 Å². The third kappa shape index (κ3) is 2.23. The van der Waals surface area contributed by atoms with Crippen LogP contribution in [0.3, 0.4) is 0 Å². The monoisotopic (exact) mass is 233 g/mol. The minimum Gasteiger partial charge on any atom is -0.368 e. The topological polar surface area (TPSA) is 55.6 Å². The molecule has 2 aromatic rings. The summed E-state index contributed by atoms with van der Waals surface area (Å²) >= 11 is 0. The fourth-order valence-electron chi connectivity index (χ4n) is 1.70. The summed E-state index contributed by atoms with van der Waals surface area (Å²) in [6.45, 7) is 9.42. The lowest BCUT2D eigenvalue weighted by molar-refractivity contribution is 0.406. The standard InChI is InChI=1S/C12H19N5/c1-5-6-13-10-9-11(15-7-14-10)17(8-16-9)12(2,3)4/h7-8H,5-6H2,1-4H3,(H,13,14,15). The van der Waals surface area contributed by atoms with Gasteiger partial charge in [-0.2, -0.15) is 0 Å². The zero-order chi connectivity index (χ0) is 12.5. The van der Waals surface area contributed by atoms with E-state index in [2.05, 4.69) is 52.5 Å². The van der Waals surface area contributed by atoms with E-state index in [-0.39, 0.29) is 5.54 Å². The van der Waals surface area contributed by atoms with Crippen molar-refractivity contribution in [2.45, 2.75) is 39.7 Å². The van der Waals surface area contributed by atoms with E-state index in [1.807, 2.05) is 6.33 Å². The summed E-state index contributed by atoms with van der Waals surface area (Å²) in [5, 5.41) is 3.28. The lowest BCUT2D eigenvalue weighted by Crippen LogP contribution is -2.21. The SMILES string of the molecule is CCCNc1ncnc2c1ncn2C(C)(C)C. The Morgan fingerprint density at radius 2 is 2.00 bits per heavy atom. The highest BCUT2D eigenvalue weighted by atomic mass is 15.2. The van der Waals surface area contributed by atoms with E-state index in [4.69, 9.17) is 0 Å². The molecule has 0 aliphatic carbocycles. The first-order valence-corrected chi connectivity index (χ1v) is 5.96. The molecule has 0 amide bonds. The van der Waals surface area contributed by atoms with Gasteiger partial charge in [-0.1, -0.05) is 6.92 Å². The molecule has 0 saturated carbocycles. The molecule has 0 aliphatic heterocycles. The molecule has 2 aromatic heterocycles. The van der Waals surface area contributed by atoms with Gasteiger partial charge < -0.3 is 9.88 Å². The normalized spacial score (nSPS) is 12.0. The van der Waals surface area contributed by atoms with E-state index in [1.54, 1.807) is 6.33 Å². The van der Waals surface area contributed by atoms with Gasteiger partial charge in [-0.15, -0.1) is 0 Å². The molecular formula is C12H19N5. The van der Waals surface area contributed by atoms with E-state index in [1.165, 1.54) is 0 Å². The van der Waals surface area contributed by atoms with Crippen LogP contribution in [-0.2, 0) is 5.54 Å². The first-order chi connectivity index (χ1) is 8.04. The average molecular weight is 233 g/mol. The van der Waals surface area contributed by atoms with E-state index in [0.717, 1.165) is 29.9 Å². The molecule has 0 fully saturated rings. The second-order valence-electron chi connectivity index (χ2n) is 5.11. The second-order valence-corrected chi connectivity index (χ2v) is 5.11. The minimum absolute atomic E-state index is 0.0227. The second kappa shape index (κ2) is 4.31. The molecule has 0 aliphatic rings. The highest BCUT2D eigenvalue weighted by Crippen LogP contribution is 2.23. The minimum atomic E-state index is -0.0227. The average Bonchev–Trinajstić information content (AvgIpc) is 2.69. The van der Waals surface area contributed by atoms with Gasteiger partial charge in [0.15, 0.2) is 11.5 Å². The van der Waals surface area contributed by atoms with Crippen LogP contribution in [0.2, 0.25) is 0 Å². The molecule has 0 saturated heterocycles. The zero-order valence-corrected chi connectivity index (χ0v) is 10.9. The lowest BCUT2D eigenvalue weighted by atomic mass is 10.1. The number of fused-ring (bicyclic) bond motifs is 1. The van der Waals surface area contributed by atoms with Crippen molar-refractivity contribution in [1.29, 1.82) is 0 Å². The highest BCUT2D eigenvalue weighted by Gasteiger charge is 2.18. The maximum atomic E-state index is 4.41. The molecule has 1 N–H and O–H groups in total. The molecule has 2 heterocycles. The lowest BCUT2D eigenvalue weighted by Gasteiger charge is -2.20. The molecular weight excluding hydrogens is 214 g/mol. The maximum Gasteiger partial charge on any atom is 0.165 e. The molecule has 0 aromatic carbocycles. The summed E-state index contributed by atoms with van der Waals surface area (Å²) < 4.78 is 2.07. The Bertz CT molecular complexity index is 509. The van der Waals surface area contributed by atoms with Gasteiger partial charge in [0.05, 0.1) is 6.33 Å². The molecule has 0 atom stereocenters. The molecule has 2 rings (SSSR count). The molecule has 0 spiro atoms. The number of hydrogen-bond donors (Lipinski definition) is 1. The number of aromatic nitrogens is 4. The van der Waals surface area contributed by atoms with Crippen LogP contribution in [0, 0.1) is 0 Å². The number of rotatable bonds is 3. The van der Waals surface area contributed by atoms with Crippen LogP contribution < -0.4 is 5.32 Å². The summed E-state index contributed by atoms with van der Waals surface area (Å²) in [5.74, 6) is 0.819. The number of imidazole rings is 1. The van der Waals surface area contributed by atoms with Gasteiger partial charge in [0.1, 0.15) is 11.8 Å². The highest BCUT2D eigenvalue weighted by molar-refractivity contribution is 5.82. The summed E-state index contributed by atoms with van der Waals surface area (Å²) in [5.41, 5.74) is 1.70. The number of nitrogens with zero attached hydrogens (tertiary/aromatic N) is 4. The Kier molecular flexibility index (Phi) is 3.00. The molecule has 0 radical (unpaired) electrons. The molecule has 0 unspecified atom stereocenters. The molecule has 0 bridgehead atoms. The fourth-order valence-corrected chi connectivity index (χ4v) is 1.70. The van der Waals surface area contributed by atoms with Crippen molar-refractivity contribution in [3.63, 3.8) is 0 Å². The van der Waals surface area contributed by atoms with Crippen LogP contribution in [0.5, 0.6) is 0 Å². The maximum absolute atomic E-state index is 4.41. The first-order valence-electron chi connectivity index (χ1n) is 5.96. The largest absolute Gasteiger partial charge is 0.368 e. The van der Waals surface area contributed by atoms with Crippen molar-refractivity contribution in [1.82, 2.24) is 19.5 Å². The third-order valence-electron chi connectivity index (χ3n) is 2.60. The first kappa shape index (κ1) is 11.8. The Morgan fingerprint density at radius 1 is 1.24 bits per heavy atom. The Morgan fingerprint density at radius 3 is 2.65 bits per heavy atom. The molecule has 5 heteroatoms. The summed E-state index contributed by atoms with van der Waals surface area (Å²) in [6, 6.07) is 0. The summed E-state index contributed by atoms with van der Waals surface area (Å²) in [4.78, 5) is 13.0. The van der Waals surface area contributed by atoms with Crippen molar-refractivity contribution in [3.05, 3.63) is 12.7 Å². The van der Waals surface area contributed by atoms with Crippen LogP contribution in [0.4, 0.5) is 5.82 Å². The predicted octanol–water partition coefficient (Wildman–Crippen LogP) is 2.40. The Balaban J connectivity index is 2.49.